The van der Waals surface area contributed by atoms with Gasteiger partial charge >= 0.3 is 0 Å². The fourth-order valence-electron chi connectivity index (χ4n) is 2.25. The molecule has 0 fully saturated rings. The average molecular weight is 254 g/mol. The van der Waals surface area contributed by atoms with E-state index in [0.29, 0.717) is 12.8 Å². The molecule has 0 aliphatic carbocycles. The normalized spacial score (nSPS) is 15.0. The Morgan fingerprint density at radius 1 is 1.21 bits per heavy atom. The van der Waals surface area contributed by atoms with Crippen molar-refractivity contribution in [3.63, 3.8) is 0 Å². The van der Waals surface area contributed by atoms with E-state index in [1.807, 2.05) is 12.3 Å². The summed E-state index contributed by atoms with van der Waals surface area (Å²) in [6.07, 6.45) is 4.87. The minimum absolute atomic E-state index is 0.0181. The van der Waals surface area contributed by atoms with Crippen LogP contribution in [0.4, 0.5) is 0 Å². The van der Waals surface area contributed by atoms with Gasteiger partial charge in [-0.15, -0.1) is 0 Å². The summed E-state index contributed by atoms with van der Waals surface area (Å²) in [5, 5.41) is 10.9. The van der Waals surface area contributed by atoms with Crippen LogP contribution in [-0.2, 0) is 4.79 Å². The van der Waals surface area contributed by atoms with Gasteiger partial charge in [0.2, 0.25) is 5.91 Å². The number of H-pyrrole nitrogens is 1. The molecule has 1 aromatic heterocycles. The lowest BCUT2D eigenvalue weighted by atomic mass is 9.97. The second-order valence-corrected chi connectivity index (χ2v) is 4.61. The Kier molecular flexibility index (Phi) is 2.87. The van der Waals surface area contributed by atoms with Gasteiger partial charge in [-0.1, -0.05) is 12.1 Å². The third-order valence-corrected chi connectivity index (χ3v) is 3.27. The molecule has 5 heteroatoms. The molecule has 1 aliphatic rings. The van der Waals surface area contributed by atoms with E-state index in [1.165, 1.54) is 5.56 Å². The number of nitrogens with zero attached hydrogens (tertiary/aromatic N) is 2. The van der Waals surface area contributed by atoms with E-state index in [-0.39, 0.29) is 5.91 Å². The highest BCUT2D eigenvalue weighted by molar-refractivity contribution is 6.04. The molecule has 0 spiro atoms. The Hall–Kier alpha value is -2.43. The summed E-state index contributed by atoms with van der Waals surface area (Å²) in [6.45, 7) is 2.06. The standard InChI is InChI=1S/C14H14N4O/c1-9-6-10(13-4-5-14(19)18-17-13)2-3-12(9)11-7-15-16-8-11/h2-3,6-8H,4-5H2,1H3,(H,15,16)(H,18,19). The molecule has 2 N–H and O–H groups in total. The minimum atomic E-state index is -0.0181. The van der Waals surface area contributed by atoms with Gasteiger partial charge in [0.25, 0.3) is 0 Å². The number of carbonyl (C=O) groups is 1. The van der Waals surface area contributed by atoms with Crippen molar-refractivity contribution in [2.75, 3.05) is 0 Å². The maximum Gasteiger partial charge on any atom is 0.240 e. The quantitative estimate of drug-likeness (QED) is 0.860. The highest BCUT2D eigenvalue weighted by atomic mass is 16.2. The summed E-state index contributed by atoms with van der Waals surface area (Å²) in [6, 6.07) is 6.19. The number of hydrogen-bond acceptors (Lipinski definition) is 3. The second kappa shape index (κ2) is 4.68. The highest BCUT2D eigenvalue weighted by Crippen LogP contribution is 2.24. The molecular weight excluding hydrogens is 240 g/mol. The lowest BCUT2D eigenvalue weighted by molar-refractivity contribution is -0.121. The fraction of sp³-hybridized carbons (Fsp3) is 0.214. The summed E-state index contributed by atoms with van der Waals surface area (Å²) < 4.78 is 0. The van der Waals surface area contributed by atoms with Crippen LogP contribution in [0.5, 0.6) is 0 Å². The predicted molar refractivity (Wildman–Crippen MR) is 72.7 cm³/mol. The molecule has 0 radical (unpaired) electrons. The molecule has 1 amide bonds. The molecule has 5 nitrogen and oxygen atoms in total. The van der Waals surface area contributed by atoms with Crippen LogP contribution in [0.15, 0.2) is 35.7 Å². The van der Waals surface area contributed by atoms with Gasteiger partial charge in [0.05, 0.1) is 11.9 Å². The average Bonchev–Trinajstić information content (AvgIpc) is 2.93. The van der Waals surface area contributed by atoms with Gasteiger partial charge in [0.15, 0.2) is 0 Å². The van der Waals surface area contributed by atoms with Crippen LogP contribution in [0, 0.1) is 6.92 Å². The van der Waals surface area contributed by atoms with Crippen molar-refractivity contribution in [2.45, 2.75) is 19.8 Å². The van der Waals surface area contributed by atoms with Gasteiger partial charge in [0, 0.05) is 24.6 Å². The van der Waals surface area contributed by atoms with Gasteiger partial charge in [-0.05, 0) is 29.7 Å². The van der Waals surface area contributed by atoms with E-state index in [9.17, 15) is 4.79 Å². The monoisotopic (exact) mass is 254 g/mol. The second-order valence-electron chi connectivity index (χ2n) is 4.61. The van der Waals surface area contributed by atoms with Crippen molar-refractivity contribution in [2.24, 2.45) is 5.10 Å². The molecule has 2 aromatic rings. The zero-order valence-electron chi connectivity index (χ0n) is 10.6. The molecule has 1 aromatic carbocycles. The number of amides is 1. The summed E-state index contributed by atoms with van der Waals surface area (Å²) in [7, 11) is 0. The van der Waals surface area contributed by atoms with E-state index in [0.717, 1.165) is 22.4 Å². The number of aryl methyl sites for hydroxylation is 1. The Morgan fingerprint density at radius 2 is 2.11 bits per heavy atom. The number of benzene rings is 1. The fourth-order valence-corrected chi connectivity index (χ4v) is 2.25. The van der Waals surface area contributed by atoms with E-state index in [1.54, 1.807) is 6.20 Å². The van der Waals surface area contributed by atoms with Crippen LogP contribution >= 0.6 is 0 Å². The molecule has 0 saturated carbocycles. The first-order chi connectivity index (χ1) is 9.24. The van der Waals surface area contributed by atoms with Crippen LogP contribution in [0.1, 0.15) is 24.0 Å². The van der Waals surface area contributed by atoms with E-state index < -0.39 is 0 Å². The van der Waals surface area contributed by atoms with Crippen LogP contribution in [0.25, 0.3) is 11.1 Å². The molecule has 3 rings (SSSR count). The molecule has 0 unspecified atom stereocenters. The number of carbonyl (C=O) groups excluding carboxylic acids is 1. The van der Waals surface area contributed by atoms with E-state index >= 15 is 0 Å². The third kappa shape index (κ3) is 2.27. The SMILES string of the molecule is Cc1cc(C2=NNC(=O)CC2)ccc1-c1cn[nH]c1. The number of aromatic amines is 1. The smallest absolute Gasteiger partial charge is 0.240 e. The van der Waals surface area contributed by atoms with Gasteiger partial charge in [-0.25, -0.2) is 5.43 Å². The number of hydrazone groups is 1. The summed E-state index contributed by atoms with van der Waals surface area (Å²) in [5.41, 5.74) is 7.91. The minimum Gasteiger partial charge on any atom is -0.285 e. The summed E-state index contributed by atoms with van der Waals surface area (Å²) >= 11 is 0. The molecule has 0 atom stereocenters. The third-order valence-electron chi connectivity index (χ3n) is 3.27. The first-order valence-electron chi connectivity index (χ1n) is 6.19. The zero-order chi connectivity index (χ0) is 13.2. The molecule has 19 heavy (non-hydrogen) atoms. The molecule has 2 heterocycles. The van der Waals surface area contributed by atoms with Crippen molar-refractivity contribution < 1.29 is 4.79 Å². The first-order valence-corrected chi connectivity index (χ1v) is 6.19. The van der Waals surface area contributed by atoms with Crippen LogP contribution in [0.3, 0.4) is 0 Å². The van der Waals surface area contributed by atoms with Crippen LogP contribution < -0.4 is 5.43 Å². The van der Waals surface area contributed by atoms with Crippen molar-refractivity contribution in [1.82, 2.24) is 15.6 Å². The number of hydrogen-bond donors (Lipinski definition) is 2. The van der Waals surface area contributed by atoms with Gasteiger partial charge in [-0.3, -0.25) is 9.89 Å². The Labute approximate surface area is 110 Å². The number of aromatic nitrogens is 2. The molecule has 0 bridgehead atoms. The number of rotatable bonds is 2. The first kappa shape index (κ1) is 11.6. The van der Waals surface area contributed by atoms with E-state index in [4.69, 9.17) is 0 Å². The number of nitrogens with one attached hydrogen (secondary N) is 2. The van der Waals surface area contributed by atoms with Crippen LogP contribution in [0.2, 0.25) is 0 Å². The van der Waals surface area contributed by atoms with Crippen LogP contribution in [-0.4, -0.2) is 21.8 Å². The Bertz CT molecular complexity index is 643. The highest BCUT2D eigenvalue weighted by Gasteiger charge is 2.14. The molecular formula is C14H14N4O. The lowest BCUT2D eigenvalue weighted by Gasteiger charge is -2.13. The maximum atomic E-state index is 11.1. The Balaban J connectivity index is 1.94. The molecule has 1 aliphatic heterocycles. The summed E-state index contributed by atoms with van der Waals surface area (Å²) in [5.74, 6) is -0.0181. The van der Waals surface area contributed by atoms with Crippen molar-refractivity contribution in [3.8, 4) is 11.1 Å². The van der Waals surface area contributed by atoms with Gasteiger partial charge < -0.3 is 0 Å². The van der Waals surface area contributed by atoms with Crippen molar-refractivity contribution in [3.05, 3.63) is 41.7 Å². The lowest BCUT2D eigenvalue weighted by Crippen LogP contribution is -2.25. The zero-order valence-corrected chi connectivity index (χ0v) is 10.6. The predicted octanol–water partition coefficient (Wildman–Crippen LogP) is 2.00. The Morgan fingerprint density at radius 3 is 2.74 bits per heavy atom. The maximum absolute atomic E-state index is 11.1. The van der Waals surface area contributed by atoms with Crippen molar-refractivity contribution >= 4 is 11.6 Å². The van der Waals surface area contributed by atoms with Crippen molar-refractivity contribution in [1.29, 1.82) is 0 Å². The largest absolute Gasteiger partial charge is 0.285 e. The van der Waals surface area contributed by atoms with Gasteiger partial charge in [-0.2, -0.15) is 10.2 Å². The molecule has 96 valence electrons. The van der Waals surface area contributed by atoms with E-state index in [2.05, 4.69) is 39.8 Å². The molecule has 0 saturated heterocycles. The van der Waals surface area contributed by atoms with Gasteiger partial charge in [0.1, 0.15) is 0 Å². The summed E-state index contributed by atoms with van der Waals surface area (Å²) in [4.78, 5) is 11.1. The topological polar surface area (TPSA) is 70.1 Å².